The summed E-state index contributed by atoms with van der Waals surface area (Å²) in [5, 5.41) is 0. The van der Waals surface area contributed by atoms with Gasteiger partial charge in [0.1, 0.15) is 5.75 Å². The number of benzene rings is 1. The quantitative estimate of drug-likeness (QED) is 0.612. The fraction of sp³-hybridized carbons (Fsp3) is 0.600. The molecule has 0 spiro atoms. The number of methoxy groups -OCH3 is 1. The number of hydrogen-bond acceptors (Lipinski definition) is 4. The molecule has 1 heterocycles. The number of ether oxygens (including phenoxy) is 2. The average Bonchev–Trinajstić information content (AvgIpc) is 2.49. The molecule has 3 N–H and O–H groups in total. The molecule has 0 radical (unpaired) electrons. The number of nitrogens with two attached hydrogens (primary N) is 1. The molecule has 1 saturated heterocycles. The lowest BCUT2D eigenvalue weighted by molar-refractivity contribution is 0.00854. The van der Waals surface area contributed by atoms with Crippen molar-refractivity contribution in [3.63, 3.8) is 0 Å². The summed E-state index contributed by atoms with van der Waals surface area (Å²) in [6.45, 7) is 0.907. The van der Waals surface area contributed by atoms with Gasteiger partial charge < -0.3 is 9.47 Å². The molecule has 19 heavy (non-hydrogen) atoms. The van der Waals surface area contributed by atoms with E-state index in [2.05, 4.69) is 11.5 Å². The Hall–Kier alpha value is -1.10. The number of hydrogen-bond donors (Lipinski definition) is 2. The van der Waals surface area contributed by atoms with Gasteiger partial charge in [-0.15, -0.1) is 0 Å². The highest BCUT2D eigenvalue weighted by Gasteiger charge is 2.17. The summed E-state index contributed by atoms with van der Waals surface area (Å²) in [7, 11) is 1.68. The van der Waals surface area contributed by atoms with E-state index in [1.165, 1.54) is 19.3 Å². The third-order valence-corrected chi connectivity index (χ3v) is 3.75. The van der Waals surface area contributed by atoms with Crippen LogP contribution in [-0.2, 0) is 4.74 Å². The van der Waals surface area contributed by atoms with Crippen molar-refractivity contribution in [2.24, 2.45) is 5.84 Å². The monoisotopic (exact) mass is 264 g/mol. The van der Waals surface area contributed by atoms with Gasteiger partial charge >= 0.3 is 0 Å². The molecule has 0 aliphatic carbocycles. The van der Waals surface area contributed by atoms with Crippen LogP contribution >= 0.6 is 0 Å². The first-order valence-electron chi connectivity index (χ1n) is 7.05. The maximum atomic E-state index is 5.76. The minimum atomic E-state index is 0.153. The molecule has 4 heteroatoms. The second-order valence-corrected chi connectivity index (χ2v) is 5.06. The summed E-state index contributed by atoms with van der Waals surface area (Å²) in [5.74, 6) is 6.55. The van der Waals surface area contributed by atoms with Crippen molar-refractivity contribution in [1.82, 2.24) is 5.43 Å². The largest absolute Gasteiger partial charge is 0.497 e. The van der Waals surface area contributed by atoms with Crippen molar-refractivity contribution < 1.29 is 9.47 Å². The van der Waals surface area contributed by atoms with Crippen molar-refractivity contribution >= 4 is 0 Å². The number of nitrogens with one attached hydrogen (secondary N) is 1. The zero-order chi connectivity index (χ0) is 13.5. The van der Waals surface area contributed by atoms with Crippen LogP contribution in [0.15, 0.2) is 24.3 Å². The highest BCUT2D eigenvalue weighted by Crippen LogP contribution is 2.25. The van der Waals surface area contributed by atoms with Crippen molar-refractivity contribution in [1.29, 1.82) is 0 Å². The van der Waals surface area contributed by atoms with E-state index in [1.54, 1.807) is 7.11 Å². The smallest absolute Gasteiger partial charge is 0.119 e. The fourth-order valence-corrected chi connectivity index (χ4v) is 2.59. The average molecular weight is 264 g/mol. The van der Waals surface area contributed by atoms with Gasteiger partial charge in [-0.2, -0.15) is 0 Å². The van der Waals surface area contributed by atoms with Crippen LogP contribution in [0.2, 0.25) is 0 Å². The Labute approximate surface area is 115 Å². The van der Waals surface area contributed by atoms with E-state index in [9.17, 15) is 0 Å². The zero-order valence-corrected chi connectivity index (χ0v) is 11.6. The maximum Gasteiger partial charge on any atom is 0.119 e. The third kappa shape index (κ3) is 4.20. The van der Waals surface area contributed by atoms with Gasteiger partial charge in [-0.1, -0.05) is 12.1 Å². The molecule has 1 aliphatic rings. The molecule has 0 saturated carbocycles. The van der Waals surface area contributed by atoms with Gasteiger partial charge in [0.15, 0.2) is 0 Å². The second-order valence-electron chi connectivity index (χ2n) is 5.06. The first-order chi connectivity index (χ1) is 9.33. The van der Waals surface area contributed by atoms with Crippen LogP contribution in [-0.4, -0.2) is 19.8 Å². The van der Waals surface area contributed by atoms with Crippen molar-refractivity contribution in [3.8, 4) is 5.75 Å². The van der Waals surface area contributed by atoms with E-state index in [0.29, 0.717) is 6.10 Å². The molecule has 106 valence electrons. The lowest BCUT2D eigenvalue weighted by atomic mass is 9.97. The molecule has 0 aromatic heterocycles. The van der Waals surface area contributed by atoms with Crippen LogP contribution < -0.4 is 16.0 Å². The molecule has 2 rings (SSSR count). The van der Waals surface area contributed by atoms with Gasteiger partial charge in [0, 0.05) is 12.6 Å². The van der Waals surface area contributed by atoms with Crippen LogP contribution in [0.3, 0.4) is 0 Å². The molecule has 0 amide bonds. The molecule has 2 unspecified atom stereocenters. The van der Waals surface area contributed by atoms with Gasteiger partial charge in [-0.3, -0.25) is 11.3 Å². The minimum absolute atomic E-state index is 0.153. The standard InChI is InChI=1S/C15H24N2O2/c1-18-14-7-4-5-12(11-14)15(17-16)9-8-13-6-2-3-10-19-13/h4-5,7,11,13,15,17H,2-3,6,8-10,16H2,1H3. The van der Waals surface area contributed by atoms with Crippen LogP contribution in [0.1, 0.15) is 43.7 Å². The van der Waals surface area contributed by atoms with Crippen molar-refractivity contribution in [2.45, 2.75) is 44.2 Å². The second kappa shape index (κ2) is 7.48. The van der Waals surface area contributed by atoms with Crippen LogP contribution in [0.4, 0.5) is 0 Å². The van der Waals surface area contributed by atoms with Crippen molar-refractivity contribution in [3.05, 3.63) is 29.8 Å². The van der Waals surface area contributed by atoms with Crippen LogP contribution in [0, 0.1) is 0 Å². The highest BCUT2D eigenvalue weighted by molar-refractivity contribution is 5.30. The Balaban J connectivity index is 1.91. The fourth-order valence-electron chi connectivity index (χ4n) is 2.59. The molecule has 1 aromatic rings. The van der Waals surface area contributed by atoms with E-state index < -0.39 is 0 Å². The van der Waals surface area contributed by atoms with Gasteiger partial charge in [-0.25, -0.2) is 0 Å². The van der Waals surface area contributed by atoms with Gasteiger partial charge in [-0.05, 0) is 49.8 Å². The Morgan fingerprint density at radius 3 is 3.05 bits per heavy atom. The minimum Gasteiger partial charge on any atom is -0.497 e. The molecule has 2 atom stereocenters. The summed E-state index contributed by atoms with van der Waals surface area (Å²) in [6, 6.07) is 8.21. The summed E-state index contributed by atoms with van der Waals surface area (Å²) < 4.78 is 11.0. The molecular formula is C15H24N2O2. The summed E-state index contributed by atoms with van der Waals surface area (Å²) >= 11 is 0. The van der Waals surface area contributed by atoms with E-state index in [0.717, 1.165) is 30.8 Å². The van der Waals surface area contributed by atoms with Gasteiger partial charge in [0.25, 0.3) is 0 Å². The first kappa shape index (κ1) is 14.3. The molecular weight excluding hydrogens is 240 g/mol. The molecule has 4 nitrogen and oxygen atoms in total. The molecule has 1 fully saturated rings. The Kier molecular flexibility index (Phi) is 5.63. The maximum absolute atomic E-state index is 5.76. The van der Waals surface area contributed by atoms with E-state index >= 15 is 0 Å². The topological polar surface area (TPSA) is 56.5 Å². The molecule has 1 aromatic carbocycles. The van der Waals surface area contributed by atoms with E-state index in [4.69, 9.17) is 15.3 Å². The van der Waals surface area contributed by atoms with E-state index in [-0.39, 0.29) is 6.04 Å². The SMILES string of the molecule is COc1cccc(C(CCC2CCCCO2)NN)c1. The van der Waals surface area contributed by atoms with E-state index in [1.807, 2.05) is 18.2 Å². The zero-order valence-electron chi connectivity index (χ0n) is 11.6. The Morgan fingerprint density at radius 2 is 2.37 bits per heavy atom. The van der Waals surface area contributed by atoms with Gasteiger partial charge in [0.05, 0.1) is 13.2 Å². The third-order valence-electron chi connectivity index (χ3n) is 3.75. The van der Waals surface area contributed by atoms with Crippen LogP contribution in [0.25, 0.3) is 0 Å². The lowest BCUT2D eigenvalue weighted by Gasteiger charge is -2.25. The Morgan fingerprint density at radius 1 is 1.47 bits per heavy atom. The highest BCUT2D eigenvalue weighted by atomic mass is 16.5. The van der Waals surface area contributed by atoms with Crippen molar-refractivity contribution in [2.75, 3.05) is 13.7 Å². The first-order valence-corrected chi connectivity index (χ1v) is 7.05. The summed E-state index contributed by atoms with van der Waals surface area (Å²) in [4.78, 5) is 0. The molecule has 0 bridgehead atoms. The normalized spacial score (nSPS) is 21.1. The van der Waals surface area contributed by atoms with Gasteiger partial charge in [0.2, 0.25) is 0 Å². The Bertz CT molecular complexity index is 378. The molecule has 1 aliphatic heterocycles. The number of rotatable bonds is 6. The predicted molar refractivity (Wildman–Crippen MR) is 75.9 cm³/mol. The van der Waals surface area contributed by atoms with Crippen LogP contribution in [0.5, 0.6) is 5.75 Å². The number of hydrazine groups is 1. The predicted octanol–water partition coefficient (Wildman–Crippen LogP) is 2.55. The summed E-state index contributed by atoms with van der Waals surface area (Å²) in [5.41, 5.74) is 4.06. The summed E-state index contributed by atoms with van der Waals surface area (Å²) in [6.07, 6.45) is 6.08. The lowest BCUT2D eigenvalue weighted by Crippen LogP contribution is -2.29.